The summed E-state index contributed by atoms with van der Waals surface area (Å²) in [5, 5.41) is 9.46. The van der Waals surface area contributed by atoms with Gasteiger partial charge in [0.15, 0.2) is 0 Å². The summed E-state index contributed by atoms with van der Waals surface area (Å²) in [4.78, 5) is 16.5. The fourth-order valence-electron chi connectivity index (χ4n) is 3.65. The fourth-order valence-corrected chi connectivity index (χ4v) is 3.65. The predicted octanol–water partition coefficient (Wildman–Crippen LogP) is 2.05. The number of hydrogen-bond donors (Lipinski definition) is 1. The van der Waals surface area contributed by atoms with Crippen molar-refractivity contribution < 1.29 is 9.90 Å². The quantitative estimate of drug-likeness (QED) is 0.829. The molecule has 4 heteroatoms. The van der Waals surface area contributed by atoms with E-state index in [0.29, 0.717) is 6.04 Å². The maximum Gasteiger partial charge on any atom is 0.310 e. The van der Waals surface area contributed by atoms with Crippen LogP contribution in [0, 0.1) is 5.41 Å². The molecule has 0 radical (unpaired) electrons. The molecule has 0 aliphatic carbocycles. The number of carbonyl (C=O) groups is 1. The number of hydrogen-bond acceptors (Lipinski definition) is 3. The highest BCUT2D eigenvalue weighted by atomic mass is 16.4. The van der Waals surface area contributed by atoms with Gasteiger partial charge in [-0.3, -0.25) is 9.69 Å². The van der Waals surface area contributed by atoms with Crippen LogP contribution in [0.1, 0.15) is 46.0 Å². The number of carboxylic acids is 1. The van der Waals surface area contributed by atoms with Crippen LogP contribution in [0.15, 0.2) is 0 Å². The van der Waals surface area contributed by atoms with Gasteiger partial charge in [0.2, 0.25) is 0 Å². The lowest BCUT2D eigenvalue weighted by Gasteiger charge is -2.37. The first kappa shape index (κ1) is 14.8. The third-order valence-electron chi connectivity index (χ3n) is 5.13. The summed E-state index contributed by atoms with van der Waals surface area (Å²) >= 11 is 0. The largest absolute Gasteiger partial charge is 0.481 e. The summed E-state index contributed by atoms with van der Waals surface area (Å²) in [6.07, 6.45) is 5.23. The zero-order chi connectivity index (χ0) is 13.9. The van der Waals surface area contributed by atoms with Crippen LogP contribution in [0.5, 0.6) is 0 Å². The van der Waals surface area contributed by atoms with Crippen LogP contribution in [0.25, 0.3) is 0 Å². The zero-order valence-electron chi connectivity index (χ0n) is 12.4. The summed E-state index contributed by atoms with van der Waals surface area (Å²) in [5.41, 5.74) is -0.472. The average Bonchev–Trinajstić information content (AvgIpc) is 2.86. The molecule has 0 saturated carbocycles. The lowest BCUT2D eigenvalue weighted by atomic mass is 9.84. The van der Waals surface area contributed by atoms with Gasteiger partial charge < -0.3 is 10.0 Å². The van der Waals surface area contributed by atoms with Crippen molar-refractivity contribution in [2.24, 2.45) is 5.41 Å². The van der Waals surface area contributed by atoms with Crippen molar-refractivity contribution in [3.63, 3.8) is 0 Å². The van der Waals surface area contributed by atoms with Gasteiger partial charge in [0, 0.05) is 12.6 Å². The Morgan fingerprint density at radius 3 is 2.42 bits per heavy atom. The summed E-state index contributed by atoms with van der Waals surface area (Å²) in [6.45, 7) is 9.55. The van der Waals surface area contributed by atoms with Crippen LogP contribution in [0.4, 0.5) is 0 Å². The van der Waals surface area contributed by atoms with Crippen LogP contribution < -0.4 is 0 Å². The van der Waals surface area contributed by atoms with Gasteiger partial charge in [0.05, 0.1) is 5.41 Å². The second-order valence-corrected chi connectivity index (χ2v) is 6.23. The van der Waals surface area contributed by atoms with Gasteiger partial charge in [0.1, 0.15) is 0 Å². The summed E-state index contributed by atoms with van der Waals surface area (Å²) in [7, 11) is 0. The van der Waals surface area contributed by atoms with E-state index in [1.165, 1.54) is 38.9 Å². The van der Waals surface area contributed by atoms with Crippen molar-refractivity contribution in [2.45, 2.75) is 52.0 Å². The Bertz CT molecular complexity index is 313. The highest BCUT2D eigenvalue weighted by Crippen LogP contribution is 2.36. The Morgan fingerprint density at radius 2 is 1.95 bits per heavy atom. The fraction of sp³-hybridized carbons (Fsp3) is 0.933. The highest BCUT2D eigenvalue weighted by molar-refractivity contribution is 5.75. The molecule has 110 valence electrons. The number of carboxylic acid groups (broad SMARTS) is 1. The molecule has 1 atom stereocenters. The molecule has 2 fully saturated rings. The molecule has 0 aromatic heterocycles. The van der Waals surface area contributed by atoms with E-state index in [0.717, 1.165) is 25.9 Å². The number of nitrogens with zero attached hydrogens (tertiary/aromatic N) is 2. The Labute approximate surface area is 116 Å². The Hall–Kier alpha value is -0.610. The molecule has 2 aliphatic heterocycles. The maximum atomic E-state index is 11.5. The van der Waals surface area contributed by atoms with Crippen LogP contribution in [0.3, 0.4) is 0 Å². The van der Waals surface area contributed by atoms with E-state index in [4.69, 9.17) is 0 Å². The molecule has 2 rings (SSSR count). The number of piperidine rings is 1. The number of likely N-dealkylation sites (tertiary alicyclic amines) is 2. The van der Waals surface area contributed by atoms with Crippen molar-refractivity contribution in [2.75, 3.05) is 32.7 Å². The molecule has 2 heterocycles. The van der Waals surface area contributed by atoms with Crippen molar-refractivity contribution in [3.05, 3.63) is 0 Å². The molecule has 0 amide bonds. The summed E-state index contributed by atoms with van der Waals surface area (Å²) in [5.74, 6) is -0.596. The van der Waals surface area contributed by atoms with Crippen molar-refractivity contribution >= 4 is 5.97 Å². The van der Waals surface area contributed by atoms with Crippen LogP contribution in [0.2, 0.25) is 0 Å². The first-order valence-electron chi connectivity index (χ1n) is 7.81. The van der Waals surface area contributed by atoms with E-state index in [9.17, 15) is 9.90 Å². The molecule has 0 spiro atoms. The summed E-state index contributed by atoms with van der Waals surface area (Å²) < 4.78 is 0. The van der Waals surface area contributed by atoms with Gasteiger partial charge in [0.25, 0.3) is 0 Å². The molecule has 4 nitrogen and oxygen atoms in total. The molecule has 0 bridgehead atoms. The van der Waals surface area contributed by atoms with Crippen molar-refractivity contribution in [3.8, 4) is 0 Å². The molecular formula is C15H28N2O2. The minimum absolute atomic E-state index is 0.472. The Balaban J connectivity index is 1.87. The van der Waals surface area contributed by atoms with E-state index in [-0.39, 0.29) is 0 Å². The Morgan fingerprint density at radius 1 is 1.26 bits per heavy atom. The molecule has 2 aliphatic rings. The summed E-state index contributed by atoms with van der Waals surface area (Å²) in [6, 6.07) is 0.612. The van der Waals surface area contributed by atoms with E-state index in [1.54, 1.807) is 0 Å². The lowest BCUT2D eigenvalue weighted by molar-refractivity contribution is -0.148. The van der Waals surface area contributed by atoms with Crippen LogP contribution >= 0.6 is 0 Å². The van der Waals surface area contributed by atoms with Crippen LogP contribution in [-0.2, 0) is 4.79 Å². The third-order valence-corrected chi connectivity index (χ3v) is 5.13. The van der Waals surface area contributed by atoms with Gasteiger partial charge in [-0.05, 0) is 58.3 Å². The standard InChI is InChI=1S/C15H28N2O2/c1-3-8-16-9-5-13(6-10-16)17-11-7-15(4-2,12-17)14(18)19/h13H,3-12H2,1-2H3,(H,18,19). The van der Waals surface area contributed by atoms with Crippen molar-refractivity contribution in [1.82, 2.24) is 9.80 Å². The smallest absolute Gasteiger partial charge is 0.310 e. The minimum atomic E-state index is -0.596. The second-order valence-electron chi connectivity index (χ2n) is 6.23. The second kappa shape index (κ2) is 6.23. The average molecular weight is 268 g/mol. The van der Waals surface area contributed by atoms with Crippen molar-refractivity contribution in [1.29, 1.82) is 0 Å². The van der Waals surface area contributed by atoms with Gasteiger partial charge in [-0.25, -0.2) is 0 Å². The maximum absolute atomic E-state index is 11.5. The monoisotopic (exact) mass is 268 g/mol. The molecular weight excluding hydrogens is 240 g/mol. The van der Waals surface area contributed by atoms with E-state index < -0.39 is 11.4 Å². The minimum Gasteiger partial charge on any atom is -0.481 e. The molecule has 19 heavy (non-hydrogen) atoms. The zero-order valence-corrected chi connectivity index (χ0v) is 12.4. The van der Waals surface area contributed by atoms with E-state index in [1.807, 2.05) is 6.92 Å². The van der Waals surface area contributed by atoms with E-state index >= 15 is 0 Å². The Kier molecular flexibility index (Phi) is 4.85. The van der Waals surface area contributed by atoms with Gasteiger partial charge in [-0.15, -0.1) is 0 Å². The van der Waals surface area contributed by atoms with Gasteiger partial charge >= 0.3 is 5.97 Å². The topological polar surface area (TPSA) is 43.8 Å². The highest BCUT2D eigenvalue weighted by Gasteiger charge is 2.45. The van der Waals surface area contributed by atoms with Gasteiger partial charge in [-0.1, -0.05) is 13.8 Å². The van der Waals surface area contributed by atoms with Crippen LogP contribution in [-0.4, -0.2) is 59.6 Å². The third kappa shape index (κ3) is 3.11. The molecule has 0 aromatic rings. The number of aliphatic carboxylic acids is 1. The predicted molar refractivity (Wildman–Crippen MR) is 76.3 cm³/mol. The van der Waals surface area contributed by atoms with E-state index in [2.05, 4.69) is 16.7 Å². The first-order chi connectivity index (χ1) is 9.11. The lowest BCUT2D eigenvalue weighted by Crippen LogP contribution is -2.45. The molecule has 2 saturated heterocycles. The molecule has 1 unspecified atom stereocenters. The molecule has 0 aromatic carbocycles. The van der Waals surface area contributed by atoms with Gasteiger partial charge in [-0.2, -0.15) is 0 Å². The number of rotatable bonds is 5. The SMILES string of the molecule is CCCN1CCC(N2CCC(CC)(C(=O)O)C2)CC1. The first-order valence-corrected chi connectivity index (χ1v) is 7.81. The normalized spacial score (nSPS) is 30.8. The molecule has 1 N–H and O–H groups in total.